The van der Waals surface area contributed by atoms with Crippen molar-refractivity contribution in [3.63, 3.8) is 0 Å². The number of amides is 1. The van der Waals surface area contributed by atoms with Gasteiger partial charge in [-0.15, -0.1) is 0 Å². The smallest absolute Gasteiger partial charge is 0.255 e. The number of halogens is 1. The van der Waals surface area contributed by atoms with Crippen molar-refractivity contribution in [2.24, 2.45) is 0 Å². The third-order valence-electron chi connectivity index (χ3n) is 4.59. The largest absolute Gasteiger partial charge is 0.497 e. The molecule has 0 unspecified atom stereocenters. The maximum atomic E-state index is 12.5. The molecule has 5 nitrogen and oxygen atoms in total. The number of carbonyl (C=O) groups excluding carboxylic acids is 1. The monoisotopic (exact) mass is 435 g/mol. The van der Waals surface area contributed by atoms with Gasteiger partial charge >= 0.3 is 0 Å². The highest BCUT2D eigenvalue weighted by Gasteiger charge is 2.12. The average molecular weight is 436 g/mol. The molecule has 0 spiro atoms. The number of anilines is 1. The molecule has 0 aliphatic carbocycles. The maximum absolute atomic E-state index is 12.5. The number of imidazole rings is 1. The Morgan fingerprint density at radius 2 is 1.75 bits per heavy atom. The van der Waals surface area contributed by atoms with Crippen molar-refractivity contribution >= 4 is 33.2 Å². The van der Waals surface area contributed by atoms with E-state index >= 15 is 0 Å². The molecular weight excluding hydrogens is 418 g/mol. The van der Waals surface area contributed by atoms with Gasteiger partial charge in [0.05, 0.1) is 18.5 Å². The van der Waals surface area contributed by atoms with Crippen LogP contribution in [-0.2, 0) is 0 Å². The molecule has 2 aromatic heterocycles. The van der Waals surface area contributed by atoms with Crippen LogP contribution in [0.25, 0.3) is 16.9 Å². The van der Waals surface area contributed by atoms with Crippen LogP contribution >= 0.6 is 15.9 Å². The summed E-state index contributed by atoms with van der Waals surface area (Å²) in [7, 11) is 1.65. The fraction of sp³-hybridized carbons (Fsp3) is 0.0909. The Bertz CT molecular complexity index is 1150. The molecule has 0 fully saturated rings. The average Bonchev–Trinajstić information content (AvgIpc) is 3.05. The van der Waals surface area contributed by atoms with Crippen LogP contribution in [0.15, 0.2) is 71.3 Å². The van der Waals surface area contributed by atoms with Crippen LogP contribution in [0.4, 0.5) is 5.69 Å². The van der Waals surface area contributed by atoms with Crippen LogP contribution in [0.3, 0.4) is 0 Å². The van der Waals surface area contributed by atoms with Gasteiger partial charge in [0.2, 0.25) is 0 Å². The number of ether oxygens (including phenoxy) is 1. The number of nitrogens with zero attached hydrogens (tertiary/aromatic N) is 2. The molecule has 6 heteroatoms. The molecule has 0 saturated carbocycles. The summed E-state index contributed by atoms with van der Waals surface area (Å²) < 4.78 is 8.14. The summed E-state index contributed by atoms with van der Waals surface area (Å²) in [5.74, 6) is 0.656. The second-order valence-electron chi connectivity index (χ2n) is 6.38. The number of pyridine rings is 1. The van der Waals surface area contributed by atoms with E-state index in [2.05, 4.69) is 21.2 Å². The summed E-state index contributed by atoms with van der Waals surface area (Å²) in [4.78, 5) is 17.2. The molecule has 2 aromatic carbocycles. The molecule has 1 amide bonds. The molecule has 4 aromatic rings. The standard InChI is InChI=1S/C22H18BrN3O2/c1-14-21(15-5-10-19(28-2)11-6-15)25-20-12-9-18(13-26(14)20)24-22(27)16-3-7-17(23)8-4-16/h3-13H,1-2H3,(H,24,27). The van der Waals surface area contributed by atoms with E-state index in [1.54, 1.807) is 19.2 Å². The number of methoxy groups -OCH3 is 1. The molecule has 0 radical (unpaired) electrons. The van der Waals surface area contributed by atoms with Crippen LogP contribution < -0.4 is 10.1 Å². The predicted octanol–water partition coefficient (Wildman–Crippen LogP) is 5.33. The molecule has 28 heavy (non-hydrogen) atoms. The SMILES string of the molecule is COc1ccc(-c2nc3ccc(NC(=O)c4ccc(Br)cc4)cn3c2C)cc1. The third-order valence-corrected chi connectivity index (χ3v) is 5.11. The first-order valence-electron chi connectivity index (χ1n) is 8.75. The van der Waals surface area contributed by atoms with Gasteiger partial charge in [0.25, 0.3) is 5.91 Å². The minimum atomic E-state index is -0.153. The van der Waals surface area contributed by atoms with Crippen molar-refractivity contribution in [1.82, 2.24) is 9.38 Å². The summed E-state index contributed by atoms with van der Waals surface area (Å²) >= 11 is 3.38. The number of benzene rings is 2. The zero-order chi connectivity index (χ0) is 19.7. The number of aryl methyl sites for hydroxylation is 1. The molecule has 1 N–H and O–H groups in total. The molecule has 4 rings (SSSR count). The van der Waals surface area contributed by atoms with Gasteiger partial charge in [-0.1, -0.05) is 15.9 Å². The Labute approximate surface area is 171 Å². The van der Waals surface area contributed by atoms with Crippen molar-refractivity contribution in [3.8, 4) is 17.0 Å². The second-order valence-corrected chi connectivity index (χ2v) is 7.30. The van der Waals surface area contributed by atoms with Crippen LogP contribution in [0.2, 0.25) is 0 Å². The first kappa shape index (κ1) is 18.3. The second kappa shape index (κ2) is 7.48. The van der Waals surface area contributed by atoms with Crippen LogP contribution in [-0.4, -0.2) is 22.4 Å². The Kier molecular flexibility index (Phi) is 4.88. The molecule has 0 saturated heterocycles. The molecule has 140 valence electrons. The highest BCUT2D eigenvalue weighted by atomic mass is 79.9. The van der Waals surface area contributed by atoms with Crippen molar-refractivity contribution in [3.05, 3.63) is 82.6 Å². The van der Waals surface area contributed by atoms with Crippen LogP contribution in [0.5, 0.6) is 5.75 Å². The summed E-state index contributed by atoms with van der Waals surface area (Å²) in [5, 5.41) is 2.94. The number of nitrogens with one attached hydrogen (secondary N) is 1. The molecule has 0 bridgehead atoms. The predicted molar refractivity (Wildman–Crippen MR) is 114 cm³/mol. The molecule has 0 atom stereocenters. The summed E-state index contributed by atoms with van der Waals surface area (Å²) in [6, 6.07) is 18.8. The van der Waals surface area contributed by atoms with E-state index in [0.717, 1.165) is 32.8 Å². The van der Waals surface area contributed by atoms with Gasteiger partial charge in [-0.2, -0.15) is 0 Å². The number of hydrogen-bond acceptors (Lipinski definition) is 3. The van der Waals surface area contributed by atoms with Crippen molar-refractivity contribution in [2.45, 2.75) is 6.92 Å². The van der Waals surface area contributed by atoms with Crippen molar-refractivity contribution in [2.75, 3.05) is 12.4 Å². The van der Waals surface area contributed by atoms with E-state index < -0.39 is 0 Å². The van der Waals surface area contributed by atoms with E-state index in [1.165, 1.54) is 0 Å². The lowest BCUT2D eigenvalue weighted by Gasteiger charge is -2.07. The third kappa shape index (κ3) is 3.51. The number of hydrogen-bond donors (Lipinski definition) is 1. The van der Waals surface area contributed by atoms with E-state index in [1.807, 2.05) is 66.1 Å². The van der Waals surface area contributed by atoms with Gasteiger partial charge in [-0.3, -0.25) is 4.79 Å². The summed E-state index contributed by atoms with van der Waals surface area (Å²) in [6.07, 6.45) is 1.89. The quantitative estimate of drug-likeness (QED) is 0.470. The minimum Gasteiger partial charge on any atom is -0.497 e. The first-order chi connectivity index (χ1) is 13.5. The van der Waals surface area contributed by atoms with Gasteiger partial charge < -0.3 is 14.5 Å². The fourth-order valence-corrected chi connectivity index (χ4v) is 3.33. The van der Waals surface area contributed by atoms with E-state index in [4.69, 9.17) is 9.72 Å². The Morgan fingerprint density at radius 3 is 2.43 bits per heavy atom. The van der Waals surface area contributed by atoms with Crippen LogP contribution in [0, 0.1) is 6.92 Å². The molecular formula is C22H18BrN3O2. The van der Waals surface area contributed by atoms with Gasteiger partial charge in [0.1, 0.15) is 11.4 Å². The van der Waals surface area contributed by atoms with E-state index in [-0.39, 0.29) is 5.91 Å². The Balaban J connectivity index is 1.64. The normalized spacial score (nSPS) is 10.8. The number of fused-ring (bicyclic) bond motifs is 1. The van der Waals surface area contributed by atoms with E-state index in [9.17, 15) is 4.79 Å². The summed E-state index contributed by atoms with van der Waals surface area (Å²) in [5.41, 5.74) is 5.05. The first-order valence-corrected chi connectivity index (χ1v) is 9.54. The van der Waals surface area contributed by atoms with Gasteiger partial charge in [0, 0.05) is 27.5 Å². The van der Waals surface area contributed by atoms with Crippen molar-refractivity contribution in [1.29, 1.82) is 0 Å². The van der Waals surface area contributed by atoms with E-state index in [0.29, 0.717) is 11.3 Å². The Hall–Kier alpha value is -3.12. The van der Waals surface area contributed by atoms with Crippen LogP contribution in [0.1, 0.15) is 16.1 Å². The Morgan fingerprint density at radius 1 is 1.04 bits per heavy atom. The molecule has 2 heterocycles. The number of aromatic nitrogens is 2. The summed E-state index contributed by atoms with van der Waals surface area (Å²) in [6.45, 7) is 2.01. The van der Waals surface area contributed by atoms with Crippen molar-refractivity contribution < 1.29 is 9.53 Å². The number of carbonyl (C=O) groups is 1. The maximum Gasteiger partial charge on any atom is 0.255 e. The highest BCUT2D eigenvalue weighted by Crippen LogP contribution is 2.26. The molecule has 0 aliphatic heterocycles. The highest BCUT2D eigenvalue weighted by molar-refractivity contribution is 9.10. The topological polar surface area (TPSA) is 55.6 Å². The zero-order valence-corrected chi connectivity index (χ0v) is 17.0. The lowest BCUT2D eigenvalue weighted by molar-refractivity contribution is 0.102. The minimum absolute atomic E-state index is 0.153. The molecule has 0 aliphatic rings. The van der Waals surface area contributed by atoms with Gasteiger partial charge in [0.15, 0.2) is 0 Å². The fourth-order valence-electron chi connectivity index (χ4n) is 3.06. The lowest BCUT2D eigenvalue weighted by Crippen LogP contribution is -2.12. The zero-order valence-electron chi connectivity index (χ0n) is 15.4. The number of rotatable bonds is 4. The van der Waals surface area contributed by atoms with Gasteiger partial charge in [-0.25, -0.2) is 4.98 Å². The van der Waals surface area contributed by atoms with Gasteiger partial charge in [-0.05, 0) is 67.6 Å². The lowest BCUT2D eigenvalue weighted by atomic mass is 10.1.